The largest absolute Gasteiger partial charge is 1.00 e. The van der Waals surface area contributed by atoms with Crippen molar-refractivity contribution in [2.75, 3.05) is 10.6 Å². The first-order chi connectivity index (χ1) is 21.7. The molecule has 246 valence electrons. The van der Waals surface area contributed by atoms with Crippen molar-refractivity contribution in [3.8, 4) is 0 Å². The monoisotopic (exact) mass is 746 g/mol. The van der Waals surface area contributed by atoms with Gasteiger partial charge in [0.2, 0.25) is 0 Å². The summed E-state index contributed by atoms with van der Waals surface area (Å²) in [5, 5.41) is 7.44. The lowest BCUT2D eigenvalue weighted by Crippen LogP contribution is -3.00. The highest BCUT2D eigenvalue weighted by atomic mass is 79.9. The lowest BCUT2D eigenvalue weighted by atomic mass is 9.95. The highest BCUT2D eigenvalue weighted by molar-refractivity contribution is 5.41. The smallest absolute Gasteiger partial charge is 0.173 e. The molecule has 4 nitrogen and oxygen atoms in total. The van der Waals surface area contributed by atoms with Gasteiger partial charge in [-0.05, 0) is 62.5 Å². The molecule has 2 saturated carbocycles. The first-order valence-electron chi connectivity index (χ1n) is 17.4. The van der Waals surface area contributed by atoms with Crippen LogP contribution in [0.15, 0.2) is 97.6 Å². The molecule has 0 spiro atoms. The Morgan fingerprint density at radius 2 is 0.761 bits per heavy atom. The molecule has 0 amide bonds. The summed E-state index contributed by atoms with van der Waals surface area (Å²) in [6.45, 7) is 1.84. The highest BCUT2D eigenvalue weighted by Crippen LogP contribution is 2.22. The standard InChI is InChI=1S/C40H50N4.2BrH/c1-3-11-37(12-4-1)41-39-23-27-43(28-24-39)31-35-19-15-33(16-20-35)9-7-8-10-34-17-21-36(22-18-34)32-44-29-25-40(26-30-44)42-38-13-5-2-6-14-38;;/h15-30,37-38H,1-14,31-32H2;2*1H. The molecule has 2 aromatic heterocycles. The van der Waals surface area contributed by atoms with Gasteiger partial charge in [0, 0.05) is 58.9 Å². The number of pyridine rings is 2. The van der Waals surface area contributed by atoms with Crippen LogP contribution in [0, 0.1) is 0 Å². The quantitative estimate of drug-likeness (QED) is 0.163. The van der Waals surface area contributed by atoms with Gasteiger partial charge in [0.05, 0.1) is 0 Å². The number of benzene rings is 2. The lowest BCUT2D eigenvalue weighted by molar-refractivity contribution is -0.688. The summed E-state index contributed by atoms with van der Waals surface area (Å²) in [6.07, 6.45) is 27.0. The zero-order valence-electron chi connectivity index (χ0n) is 27.4. The molecule has 2 heterocycles. The molecule has 0 saturated heterocycles. The summed E-state index contributed by atoms with van der Waals surface area (Å²) in [4.78, 5) is 0. The Labute approximate surface area is 298 Å². The first-order valence-corrected chi connectivity index (χ1v) is 17.4. The summed E-state index contributed by atoms with van der Waals surface area (Å²) in [6, 6.07) is 28.7. The van der Waals surface area contributed by atoms with Crippen LogP contribution in [0.25, 0.3) is 0 Å². The summed E-state index contributed by atoms with van der Waals surface area (Å²) in [7, 11) is 0. The van der Waals surface area contributed by atoms with E-state index in [1.165, 1.54) is 111 Å². The molecule has 2 aliphatic carbocycles. The van der Waals surface area contributed by atoms with Crippen LogP contribution in [-0.2, 0) is 25.9 Å². The molecule has 0 bridgehead atoms. The van der Waals surface area contributed by atoms with Crippen molar-refractivity contribution in [1.82, 2.24) is 0 Å². The Kier molecular flexibility index (Phi) is 15.1. The molecule has 2 aliphatic rings. The molecule has 6 rings (SSSR count). The molecule has 0 radical (unpaired) electrons. The van der Waals surface area contributed by atoms with E-state index in [2.05, 4.69) is 117 Å². The number of aromatic nitrogens is 2. The fourth-order valence-corrected chi connectivity index (χ4v) is 6.99. The average Bonchev–Trinajstić information content (AvgIpc) is 3.07. The van der Waals surface area contributed by atoms with Crippen molar-refractivity contribution in [2.45, 2.75) is 115 Å². The second-order valence-electron chi connectivity index (χ2n) is 13.3. The van der Waals surface area contributed by atoms with E-state index in [9.17, 15) is 0 Å². The highest BCUT2D eigenvalue weighted by Gasteiger charge is 2.15. The third kappa shape index (κ3) is 11.5. The van der Waals surface area contributed by atoms with Crippen LogP contribution < -0.4 is 53.7 Å². The number of nitrogens with zero attached hydrogens (tertiary/aromatic N) is 2. The Bertz CT molecular complexity index is 1280. The Morgan fingerprint density at radius 3 is 1.11 bits per heavy atom. The van der Waals surface area contributed by atoms with E-state index in [4.69, 9.17) is 0 Å². The minimum absolute atomic E-state index is 0. The number of hydrogen-bond acceptors (Lipinski definition) is 2. The van der Waals surface area contributed by atoms with Crippen LogP contribution in [0.4, 0.5) is 11.4 Å². The zero-order chi connectivity index (χ0) is 29.8. The van der Waals surface area contributed by atoms with Crippen LogP contribution in [0.3, 0.4) is 0 Å². The molecular formula is C40H52Br2N4. The minimum Gasteiger partial charge on any atom is -1.00 e. The van der Waals surface area contributed by atoms with Gasteiger partial charge < -0.3 is 44.6 Å². The van der Waals surface area contributed by atoms with Crippen molar-refractivity contribution in [3.05, 3.63) is 120 Å². The van der Waals surface area contributed by atoms with Crippen molar-refractivity contribution < 1.29 is 43.1 Å². The van der Waals surface area contributed by atoms with E-state index in [0.29, 0.717) is 12.1 Å². The number of anilines is 2. The Hall–Kier alpha value is -2.70. The van der Waals surface area contributed by atoms with E-state index in [1.807, 2.05) is 0 Å². The molecule has 46 heavy (non-hydrogen) atoms. The van der Waals surface area contributed by atoms with E-state index in [1.54, 1.807) is 0 Å². The third-order valence-electron chi connectivity index (χ3n) is 9.69. The Morgan fingerprint density at radius 1 is 0.435 bits per heavy atom. The normalized spacial score (nSPS) is 15.4. The van der Waals surface area contributed by atoms with Gasteiger partial charge in [-0.15, -0.1) is 0 Å². The van der Waals surface area contributed by atoms with Gasteiger partial charge >= 0.3 is 0 Å². The number of halogens is 2. The maximum absolute atomic E-state index is 3.72. The molecule has 2 fully saturated rings. The molecule has 2 N–H and O–H groups in total. The van der Waals surface area contributed by atoms with Crippen molar-refractivity contribution in [3.63, 3.8) is 0 Å². The van der Waals surface area contributed by atoms with Gasteiger partial charge in [-0.3, -0.25) is 0 Å². The molecule has 0 atom stereocenters. The average molecular weight is 749 g/mol. The van der Waals surface area contributed by atoms with Crippen molar-refractivity contribution >= 4 is 11.4 Å². The number of unbranched alkanes of at least 4 members (excludes halogenated alkanes) is 1. The van der Waals surface area contributed by atoms with Gasteiger partial charge in [0.1, 0.15) is 0 Å². The summed E-state index contributed by atoms with van der Waals surface area (Å²) >= 11 is 0. The molecule has 0 aliphatic heterocycles. The fraction of sp³-hybridized carbons (Fsp3) is 0.450. The maximum atomic E-state index is 3.72. The van der Waals surface area contributed by atoms with E-state index < -0.39 is 0 Å². The number of aryl methyl sites for hydroxylation is 2. The van der Waals surface area contributed by atoms with Crippen LogP contribution in [-0.4, -0.2) is 12.1 Å². The summed E-state index contributed by atoms with van der Waals surface area (Å²) in [5.41, 5.74) is 8.11. The molecule has 4 aromatic rings. The van der Waals surface area contributed by atoms with E-state index in [-0.39, 0.29) is 34.0 Å². The number of rotatable bonds is 13. The predicted octanol–water partition coefficient (Wildman–Crippen LogP) is 2.42. The topological polar surface area (TPSA) is 31.8 Å². The maximum Gasteiger partial charge on any atom is 0.173 e. The van der Waals surface area contributed by atoms with Gasteiger partial charge in [-0.2, -0.15) is 0 Å². The third-order valence-corrected chi connectivity index (χ3v) is 9.69. The van der Waals surface area contributed by atoms with Crippen LogP contribution in [0.1, 0.15) is 99.3 Å². The van der Waals surface area contributed by atoms with Gasteiger partial charge in [-0.25, -0.2) is 9.13 Å². The molecule has 6 heteroatoms. The molecule has 0 unspecified atom stereocenters. The SMILES string of the molecule is [Br-].[Br-].c1cc(C[n+]2ccc(NC3CCCCC3)cc2)ccc1CCCCc1ccc(C[n+]2ccc(NC3CCCCC3)cc2)cc1. The zero-order valence-corrected chi connectivity index (χ0v) is 30.5. The first kappa shape index (κ1) is 36.1. The molecular weight excluding hydrogens is 696 g/mol. The second-order valence-corrected chi connectivity index (χ2v) is 13.3. The minimum atomic E-state index is 0. The second kappa shape index (κ2) is 19.2. The summed E-state index contributed by atoms with van der Waals surface area (Å²) in [5.74, 6) is 0. The lowest BCUT2D eigenvalue weighted by Gasteiger charge is -2.23. The number of nitrogens with one attached hydrogen (secondary N) is 2. The van der Waals surface area contributed by atoms with E-state index in [0.717, 1.165) is 25.9 Å². The van der Waals surface area contributed by atoms with Crippen molar-refractivity contribution in [1.29, 1.82) is 0 Å². The van der Waals surface area contributed by atoms with Crippen LogP contribution in [0.2, 0.25) is 0 Å². The van der Waals surface area contributed by atoms with Gasteiger partial charge in [0.25, 0.3) is 0 Å². The van der Waals surface area contributed by atoms with Crippen LogP contribution >= 0.6 is 0 Å². The van der Waals surface area contributed by atoms with E-state index >= 15 is 0 Å². The fourth-order valence-electron chi connectivity index (χ4n) is 6.99. The van der Waals surface area contributed by atoms with Crippen molar-refractivity contribution in [2.24, 2.45) is 0 Å². The predicted molar refractivity (Wildman–Crippen MR) is 182 cm³/mol. The molecule has 2 aromatic carbocycles. The number of hydrogen-bond donors (Lipinski definition) is 2. The van der Waals surface area contributed by atoms with Gasteiger partial charge in [-0.1, -0.05) is 87.1 Å². The van der Waals surface area contributed by atoms with Gasteiger partial charge in [0.15, 0.2) is 37.9 Å². The van der Waals surface area contributed by atoms with Crippen LogP contribution in [0.5, 0.6) is 0 Å². The Balaban J connectivity index is 0.00000240. The summed E-state index contributed by atoms with van der Waals surface area (Å²) < 4.78 is 4.55.